The minimum Gasteiger partial charge on any atom is -0.0654 e. The van der Waals surface area contributed by atoms with Crippen molar-refractivity contribution >= 4 is 5.57 Å². The van der Waals surface area contributed by atoms with Gasteiger partial charge >= 0.3 is 0 Å². The molecule has 0 nitrogen and oxygen atoms in total. The fourth-order valence-electron chi connectivity index (χ4n) is 3.23. The molecule has 1 aromatic rings. The van der Waals surface area contributed by atoms with Gasteiger partial charge < -0.3 is 0 Å². The van der Waals surface area contributed by atoms with Crippen molar-refractivity contribution in [3.8, 4) is 0 Å². The summed E-state index contributed by atoms with van der Waals surface area (Å²) in [4.78, 5) is 0. The van der Waals surface area contributed by atoms with Gasteiger partial charge in [0.05, 0.1) is 0 Å². The lowest BCUT2D eigenvalue weighted by molar-refractivity contribution is 0.620. The van der Waals surface area contributed by atoms with Gasteiger partial charge in [-0.1, -0.05) is 62.9 Å². The van der Waals surface area contributed by atoms with Crippen LogP contribution < -0.4 is 0 Å². The predicted octanol–water partition coefficient (Wildman–Crippen LogP) is 5.94. The van der Waals surface area contributed by atoms with E-state index in [9.17, 15) is 0 Å². The lowest BCUT2D eigenvalue weighted by Gasteiger charge is -2.16. The van der Waals surface area contributed by atoms with Gasteiger partial charge in [-0.25, -0.2) is 0 Å². The van der Waals surface area contributed by atoms with Crippen molar-refractivity contribution in [2.24, 2.45) is 0 Å². The van der Waals surface area contributed by atoms with Gasteiger partial charge in [-0.15, -0.1) is 0 Å². The molecule has 2 rings (SSSR count). The molecule has 1 aliphatic carbocycles. The van der Waals surface area contributed by atoms with Crippen LogP contribution >= 0.6 is 0 Å². The summed E-state index contributed by atoms with van der Waals surface area (Å²) in [6.07, 6.45) is 7.92. The highest BCUT2D eigenvalue weighted by Crippen LogP contribution is 2.46. The average molecular weight is 242 g/mol. The van der Waals surface area contributed by atoms with E-state index in [2.05, 4.69) is 45.0 Å². The summed E-state index contributed by atoms with van der Waals surface area (Å²) in [6.45, 7) is 6.91. The molecule has 18 heavy (non-hydrogen) atoms. The van der Waals surface area contributed by atoms with E-state index in [1.54, 1.807) is 16.7 Å². The molecule has 0 N–H and O–H groups in total. The number of fused-ring (bicyclic) bond motifs is 1. The number of benzene rings is 1. The van der Waals surface area contributed by atoms with Crippen LogP contribution in [0, 0.1) is 0 Å². The third-order valence-corrected chi connectivity index (χ3v) is 4.29. The van der Waals surface area contributed by atoms with Crippen LogP contribution in [-0.4, -0.2) is 0 Å². The molecule has 1 atom stereocenters. The first-order valence-electron chi connectivity index (χ1n) is 7.58. The molecule has 0 fully saturated rings. The zero-order valence-corrected chi connectivity index (χ0v) is 12.1. The number of allylic oxidation sites excluding steroid dienone is 2. The Bertz CT molecular complexity index is 425. The van der Waals surface area contributed by atoms with Crippen LogP contribution in [0.2, 0.25) is 0 Å². The van der Waals surface area contributed by atoms with Crippen LogP contribution in [0.3, 0.4) is 0 Å². The van der Waals surface area contributed by atoms with Crippen LogP contribution in [0.1, 0.15) is 76.3 Å². The molecule has 0 amide bonds. The molecule has 0 radical (unpaired) electrons. The van der Waals surface area contributed by atoms with E-state index < -0.39 is 0 Å². The van der Waals surface area contributed by atoms with E-state index >= 15 is 0 Å². The van der Waals surface area contributed by atoms with Crippen molar-refractivity contribution in [2.75, 3.05) is 0 Å². The van der Waals surface area contributed by atoms with E-state index in [4.69, 9.17) is 0 Å². The Morgan fingerprint density at radius 2 is 1.72 bits per heavy atom. The molecule has 0 heteroatoms. The molecule has 0 saturated heterocycles. The fraction of sp³-hybridized carbons (Fsp3) is 0.556. The van der Waals surface area contributed by atoms with E-state index in [0.29, 0.717) is 5.92 Å². The van der Waals surface area contributed by atoms with Gasteiger partial charge in [-0.05, 0) is 42.9 Å². The quantitative estimate of drug-likeness (QED) is 0.579. The summed E-state index contributed by atoms with van der Waals surface area (Å²) in [5, 5.41) is 0. The zero-order valence-electron chi connectivity index (χ0n) is 12.1. The number of unbranched alkanes of at least 4 members (excludes halogenated alkanes) is 2. The second-order valence-corrected chi connectivity index (χ2v) is 5.54. The number of rotatable bonds is 6. The first-order valence-corrected chi connectivity index (χ1v) is 7.58. The smallest absolute Gasteiger partial charge is 0.00601 e. The van der Waals surface area contributed by atoms with Crippen molar-refractivity contribution in [3.05, 3.63) is 41.0 Å². The van der Waals surface area contributed by atoms with Gasteiger partial charge in [0, 0.05) is 5.92 Å². The van der Waals surface area contributed by atoms with Crippen molar-refractivity contribution in [1.29, 1.82) is 0 Å². The minimum absolute atomic E-state index is 0.715. The summed E-state index contributed by atoms with van der Waals surface area (Å²) in [6, 6.07) is 9.04. The van der Waals surface area contributed by atoms with Crippen LogP contribution in [0.5, 0.6) is 0 Å². The maximum absolute atomic E-state index is 2.35. The fourth-order valence-corrected chi connectivity index (χ4v) is 3.23. The largest absolute Gasteiger partial charge is 0.0654 e. The SMILES string of the molecule is CCCCC1=C(C)c2ccccc2C1CCCC. The van der Waals surface area contributed by atoms with Crippen LogP contribution in [0.15, 0.2) is 29.8 Å². The summed E-state index contributed by atoms with van der Waals surface area (Å²) in [5.41, 5.74) is 6.41. The van der Waals surface area contributed by atoms with Crippen LogP contribution in [0.4, 0.5) is 0 Å². The van der Waals surface area contributed by atoms with Gasteiger partial charge in [0.25, 0.3) is 0 Å². The Hall–Kier alpha value is -1.04. The Labute approximate surface area is 112 Å². The molecule has 1 aliphatic rings. The molecule has 1 unspecified atom stereocenters. The maximum atomic E-state index is 2.35. The van der Waals surface area contributed by atoms with E-state index in [0.717, 1.165) is 0 Å². The van der Waals surface area contributed by atoms with E-state index in [-0.39, 0.29) is 0 Å². The molecule has 98 valence electrons. The number of hydrogen-bond donors (Lipinski definition) is 0. The minimum atomic E-state index is 0.715. The molecule has 0 heterocycles. The average Bonchev–Trinajstić information content (AvgIpc) is 2.67. The van der Waals surface area contributed by atoms with Crippen molar-refractivity contribution in [3.63, 3.8) is 0 Å². The van der Waals surface area contributed by atoms with Gasteiger partial charge in [0.15, 0.2) is 0 Å². The zero-order chi connectivity index (χ0) is 13.0. The van der Waals surface area contributed by atoms with Crippen molar-refractivity contribution < 1.29 is 0 Å². The van der Waals surface area contributed by atoms with E-state index in [1.165, 1.54) is 44.1 Å². The summed E-state index contributed by atoms with van der Waals surface area (Å²) in [7, 11) is 0. The Kier molecular flexibility index (Phi) is 4.63. The normalized spacial score (nSPS) is 18.3. The molecule has 0 bridgehead atoms. The summed E-state index contributed by atoms with van der Waals surface area (Å²) in [5.74, 6) is 0.715. The molecule has 0 spiro atoms. The van der Waals surface area contributed by atoms with Gasteiger partial charge in [0.1, 0.15) is 0 Å². The molecule has 0 saturated carbocycles. The first-order chi connectivity index (χ1) is 8.79. The molecular weight excluding hydrogens is 216 g/mol. The third kappa shape index (κ3) is 2.53. The highest BCUT2D eigenvalue weighted by molar-refractivity contribution is 5.77. The van der Waals surface area contributed by atoms with Crippen molar-refractivity contribution in [2.45, 2.75) is 65.2 Å². The lowest BCUT2D eigenvalue weighted by Crippen LogP contribution is -1.99. The topological polar surface area (TPSA) is 0 Å². The lowest BCUT2D eigenvalue weighted by atomic mass is 9.88. The third-order valence-electron chi connectivity index (χ3n) is 4.29. The Morgan fingerprint density at radius 3 is 2.44 bits per heavy atom. The monoisotopic (exact) mass is 242 g/mol. The first kappa shape index (κ1) is 13.4. The van der Waals surface area contributed by atoms with Crippen LogP contribution in [-0.2, 0) is 0 Å². The van der Waals surface area contributed by atoms with Gasteiger partial charge in [-0.2, -0.15) is 0 Å². The Morgan fingerprint density at radius 1 is 1.00 bits per heavy atom. The van der Waals surface area contributed by atoms with Gasteiger partial charge in [0.2, 0.25) is 0 Å². The van der Waals surface area contributed by atoms with Crippen molar-refractivity contribution in [1.82, 2.24) is 0 Å². The maximum Gasteiger partial charge on any atom is 0.00601 e. The van der Waals surface area contributed by atoms with E-state index in [1.807, 2.05) is 0 Å². The molecular formula is C18H26. The molecule has 1 aromatic carbocycles. The Balaban J connectivity index is 2.27. The molecule has 0 aliphatic heterocycles. The van der Waals surface area contributed by atoms with Gasteiger partial charge in [-0.3, -0.25) is 0 Å². The summed E-state index contributed by atoms with van der Waals surface area (Å²) < 4.78 is 0. The second kappa shape index (κ2) is 6.22. The predicted molar refractivity (Wildman–Crippen MR) is 80.8 cm³/mol. The molecule has 0 aromatic heterocycles. The number of hydrogen-bond acceptors (Lipinski definition) is 0. The second-order valence-electron chi connectivity index (χ2n) is 5.54. The summed E-state index contributed by atoms with van der Waals surface area (Å²) >= 11 is 0. The highest BCUT2D eigenvalue weighted by Gasteiger charge is 2.27. The standard InChI is InChI=1S/C18H26/c1-4-6-10-15-14(3)16-12-8-9-13-18(16)17(15)11-7-5-2/h8-9,12-13,17H,4-7,10-11H2,1-3H3. The highest BCUT2D eigenvalue weighted by atomic mass is 14.3. The van der Waals surface area contributed by atoms with Crippen LogP contribution in [0.25, 0.3) is 5.57 Å².